The molecule has 1 saturated heterocycles. The second-order valence-corrected chi connectivity index (χ2v) is 5.22. The molecule has 2 aliphatic heterocycles. The van der Waals surface area contributed by atoms with Crippen LogP contribution in [0.15, 0.2) is 12.1 Å². The Morgan fingerprint density at radius 1 is 1.40 bits per heavy atom. The monoisotopic (exact) mass is 279 g/mol. The lowest BCUT2D eigenvalue weighted by molar-refractivity contribution is -0.0600. The second-order valence-electron chi connectivity index (χ2n) is 5.22. The van der Waals surface area contributed by atoms with Gasteiger partial charge in [-0.05, 0) is 26.0 Å². The molecule has 1 aromatic carbocycles. The lowest BCUT2D eigenvalue weighted by Gasteiger charge is -2.17. The SMILES string of the molecule is CCOc1cc2c(cc1C1OCC(CN)O1)OC(C)C2. The summed E-state index contributed by atoms with van der Waals surface area (Å²) >= 11 is 0. The van der Waals surface area contributed by atoms with Crippen molar-refractivity contribution in [1.29, 1.82) is 0 Å². The van der Waals surface area contributed by atoms with Crippen molar-refractivity contribution in [3.63, 3.8) is 0 Å². The Hall–Kier alpha value is -1.30. The molecular weight excluding hydrogens is 258 g/mol. The molecule has 3 unspecified atom stereocenters. The van der Waals surface area contributed by atoms with Gasteiger partial charge in [0.25, 0.3) is 0 Å². The third-order valence-corrected chi connectivity index (χ3v) is 3.59. The molecule has 5 heteroatoms. The van der Waals surface area contributed by atoms with Crippen LogP contribution in [-0.2, 0) is 15.9 Å². The lowest BCUT2D eigenvalue weighted by atomic mass is 10.1. The predicted molar refractivity (Wildman–Crippen MR) is 74.0 cm³/mol. The summed E-state index contributed by atoms with van der Waals surface area (Å²) < 4.78 is 23.0. The smallest absolute Gasteiger partial charge is 0.188 e. The summed E-state index contributed by atoms with van der Waals surface area (Å²) in [5, 5.41) is 0. The minimum Gasteiger partial charge on any atom is -0.493 e. The predicted octanol–water partition coefficient (Wildman–Crippen LogP) is 1.78. The molecule has 0 bridgehead atoms. The fourth-order valence-electron chi connectivity index (χ4n) is 2.65. The van der Waals surface area contributed by atoms with Crippen LogP contribution in [-0.4, -0.2) is 32.0 Å². The Morgan fingerprint density at radius 3 is 2.95 bits per heavy atom. The molecule has 2 heterocycles. The molecule has 3 rings (SSSR count). The standard InChI is InChI=1S/C15H21NO4/c1-3-17-14-5-10-4-9(2)19-13(10)6-12(14)15-18-8-11(7-16)20-15/h5-6,9,11,15H,3-4,7-8,16H2,1-2H3. The Morgan fingerprint density at radius 2 is 2.25 bits per heavy atom. The van der Waals surface area contributed by atoms with E-state index in [0.717, 1.165) is 23.5 Å². The van der Waals surface area contributed by atoms with Crippen LogP contribution in [0.1, 0.15) is 31.3 Å². The zero-order valence-corrected chi connectivity index (χ0v) is 11.9. The quantitative estimate of drug-likeness (QED) is 0.910. The summed E-state index contributed by atoms with van der Waals surface area (Å²) in [5.74, 6) is 1.71. The van der Waals surface area contributed by atoms with Gasteiger partial charge in [-0.2, -0.15) is 0 Å². The average Bonchev–Trinajstić information content (AvgIpc) is 3.03. The van der Waals surface area contributed by atoms with E-state index in [4.69, 9.17) is 24.7 Å². The number of ether oxygens (including phenoxy) is 4. The van der Waals surface area contributed by atoms with E-state index in [0.29, 0.717) is 19.8 Å². The van der Waals surface area contributed by atoms with Crippen LogP contribution in [0.3, 0.4) is 0 Å². The van der Waals surface area contributed by atoms with Crippen molar-refractivity contribution in [3.8, 4) is 11.5 Å². The van der Waals surface area contributed by atoms with Crippen LogP contribution in [0.5, 0.6) is 11.5 Å². The van der Waals surface area contributed by atoms with E-state index in [2.05, 4.69) is 6.92 Å². The van der Waals surface area contributed by atoms with Crippen molar-refractivity contribution >= 4 is 0 Å². The molecule has 0 radical (unpaired) electrons. The summed E-state index contributed by atoms with van der Waals surface area (Å²) in [5.41, 5.74) is 7.68. The van der Waals surface area contributed by atoms with Crippen LogP contribution < -0.4 is 15.2 Å². The number of hydrogen-bond acceptors (Lipinski definition) is 5. The molecule has 0 amide bonds. The van der Waals surface area contributed by atoms with Crippen molar-refractivity contribution in [1.82, 2.24) is 0 Å². The number of fused-ring (bicyclic) bond motifs is 1. The van der Waals surface area contributed by atoms with Crippen LogP contribution >= 0.6 is 0 Å². The van der Waals surface area contributed by atoms with Crippen LogP contribution in [0.4, 0.5) is 0 Å². The first-order chi connectivity index (χ1) is 9.71. The summed E-state index contributed by atoms with van der Waals surface area (Å²) in [6.45, 7) is 5.61. The van der Waals surface area contributed by atoms with E-state index in [-0.39, 0.29) is 12.2 Å². The van der Waals surface area contributed by atoms with Crippen molar-refractivity contribution in [2.24, 2.45) is 5.73 Å². The number of nitrogens with two attached hydrogens (primary N) is 1. The number of rotatable bonds is 4. The van der Waals surface area contributed by atoms with E-state index in [9.17, 15) is 0 Å². The summed E-state index contributed by atoms with van der Waals surface area (Å²) in [4.78, 5) is 0. The van der Waals surface area contributed by atoms with Crippen LogP contribution in [0.2, 0.25) is 0 Å². The van der Waals surface area contributed by atoms with Gasteiger partial charge >= 0.3 is 0 Å². The normalized spacial score (nSPS) is 28.2. The minimum atomic E-state index is -0.421. The third kappa shape index (κ3) is 2.49. The largest absolute Gasteiger partial charge is 0.493 e. The van der Waals surface area contributed by atoms with Gasteiger partial charge in [0, 0.05) is 18.5 Å². The first kappa shape index (κ1) is 13.7. The van der Waals surface area contributed by atoms with E-state index in [1.807, 2.05) is 19.1 Å². The van der Waals surface area contributed by atoms with Crippen LogP contribution in [0.25, 0.3) is 0 Å². The van der Waals surface area contributed by atoms with Gasteiger partial charge in [-0.15, -0.1) is 0 Å². The summed E-state index contributed by atoms with van der Waals surface area (Å²) in [7, 11) is 0. The average molecular weight is 279 g/mol. The van der Waals surface area contributed by atoms with Crippen molar-refractivity contribution in [2.45, 2.75) is 38.8 Å². The maximum Gasteiger partial charge on any atom is 0.188 e. The Kier molecular flexibility index (Phi) is 3.83. The number of benzene rings is 1. The molecule has 0 saturated carbocycles. The summed E-state index contributed by atoms with van der Waals surface area (Å²) in [6, 6.07) is 4.02. The molecular formula is C15H21NO4. The Bertz CT molecular complexity index is 491. The zero-order chi connectivity index (χ0) is 14.1. The Labute approximate surface area is 118 Å². The first-order valence-corrected chi connectivity index (χ1v) is 7.14. The molecule has 2 N–H and O–H groups in total. The maximum atomic E-state index is 5.80. The highest BCUT2D eigenvalue weighted by Crippen LogP contribution is 2.40. The van der Waals surface area contributed by atoms with Crippen molar-refractivity contribution < 1.29 is 18.9 Å². The maximum absolute atomic E-state index is 5.80. The molecule has 3 atom stereocenters. The fraction of sp³-hybridized carbons (Fsp3) is 0.600. The van der Waals surface area contributed by atoms with Gasteiger partial charge < -0.3 is 24.7 Å². The fourth-order valence-corrected chi connectivity index (χ4v) is 2.65. The Balaban J connectivity index is 1.91. The highest BCUT2D eigenvalue weighted by molar-refractivity contribution is 5.49. The third-order valence-electron chi connectivity index (χ3n) is 3.59. The molecule has 1 fully saturated rings. The highest BCUT2D eigenvalue weighted by Gasteiger charge is 2.31. The molecule has 5 nitrogen and oxygen atoms in total. The van der Waals surface area contributed by atoms with Gasteiger partial charge in [-0.3, -0.25) is 0 Å². The molecule has 110 valence electrons. The molecule has 0 aliphatic carbocycles. The van der Waals surface area contributed by atoms with E-state index < -0.39 is 6.29 Å². The van der Waals surface area contributed by atoms with Crippen LogP contribution in [0, 0.1) is 0 Å². The van der Waals surface area contributed by atoms with Gasteiger partial charge in [0.05, 0.1) is 24.9 Å². The highest BCUT2D eigenvalue weighted by atomic mass is 16.7. The van der Waals surface area contributed by atoms with E-state index in [1.54, 1.807) is 0 Å². The zero-order valence-electron chi connectivity index (χ0n) is 11.9. The van der Waals surface area contributed by atoms with Gasteiger partial charge in [0.1, 0.15) is 17.6 Å². The van der Waals surface area contributed by atoms with E-state index >= 15 is 0 Å². The molecule has 0 spiro atoms. The first-order valence-electron chi connectivity index (χ1n) is 7.14. The minimum absolute atomic E-state index is 0.0532. The van der Waals surface area contributed by atoms with Crippen molar-refractivity contribution in [3.05, 3.63) is 23.3 Å². The molecule has 0 aromatic heterocycles. The van der Waals surface area contributed by atoms with Gasteiger partial charge in [-0.25, -0.2) is 0 Å². The molecule has 2 aliphatic rings. The number of hydrogen-bond donors (Lipinski definition) is 1. The van der Waals surface area contributed by atoms with Gasteiger partial charge in [-0.1, -0.05) is 0 Å². The van der Waals surface area contributed by atoms with Gasteiger partial charge in [0.2, 0.25) is 0 Å². The second kappa shape index (κ2) is 5.60. The lowest BCUT2D eigenvalue weighted by Crippen LogP contribution is -2.21. The summed E-state index contributed by atoms with van der Waals surface area (Å²) in [6.07, 6.45) is 0.641. The molecule has 20 heavy (non-hydrogen) atoms. The topological polar surface area (TPSA) is 62.9 Å². The van der Waals surface area contributed by atoms with Crippen molar-refractivity contribution in [2.75, 3.05) is 19.8 Å². The van der Waals surface area contributed by atoms with Gasteiger partial charge in [0.15, 0.2) is 6.29 Å². The van der Waals surface area contributed by atoms with E-state index in [1.165, 1.54) is 5.56 Å². The molecule has 1 aromatic rings.